The van der Waals surface area contributed by atoms with Crippen LogP contribution in [-0.4, -0.2) is 26.0 Å². The van der Waals surface area contributed by atoms with E-state index in [1.165, 1.54) is 4.68 Å². The van der Waals surface area contributed by atoms with Gasteiger partial charge in [-0.3, -0.25) is 4.79 Å². The Morgan fingerprint density at radius 3 is 2.44 bits per heavy atom. The van der Waals surface area contributed by atoms with Gasteiger partial charge in [-0.15, -0.1) is 6.42 Å². The average Bonchev–Trinajstić information content (AvgIpc) is 2.63. The normalized spacial score (nSPS) is 10.2. The van der Waals surface area contributed by atoms with Crippen LogP contribution < -0.4 is 5.43 Å². The molecule has 0 saturated heterocycles. The van der Waals surface area contributed by atoms with E-state index in [4.69, 9.17) is 11.5 Å². The maximum atomic E-state index is 11.7. The second-order valence-corrected chi connectivity index (χ2v) is 5.18. The number of hydrogen-bond donors (Lipinski definition) is 2. The molecule has 6 heteroatoms. The van der Waals surface area contributed by atoms with Crippen LogP contribution in [0.15, 0.2) is 59.5 Å². The van der Waals surface area contributed by atoms with Crippen LogP contribution >= 0.6 is 0 Å². The summed E-state index contributed by atoms with van der Waals surface area (Å²) in [5.41, 5.74) is 1.02. The molecular weight excluding hydrogens is 320 g/mol. The monoisotopic (exact) mass is 332 g/mol. The van der Waals surface area contributed by atoms with E-state index in [-0.39, 0.29) is 0 Å². The second kappa shape index (κ2) is 6.34. The van der Waals surface area contributed by atoms with Crippen LogP contribution in [0.1, 0.15) is 16.1 Å². The maximum Gasteiger partial charge on any atom is 0.360 e. The summed E-state index contributed by atoms with van der Waals surface area (Å²) in [6.45, 7) is 0. The van der Waals surface area contributed by atoms with Crippen molar-refractivity contribution < 1.29 is 15.0 Å². The summed E-state index contributed by atoms with van der Waals surface area (Å²) < 4.78 is 1.17. The highest BCUT2D eigenvalue weighted by Gasteiger charge is 2.17. The number of aromatic carboxylic acids is 1. The number of benzene rings is 2. The Kier molecular flexibility index (Phi) is 4.06. The molecule has 6 nitrogen and oxygen atoms in total. The van der Waals surface area contributed by atoms with Gasteiger partial charge in [0, 0.05) is 11.1 Å². The molecule has 0 bridgehead atoms. The molecule has 0 aliphatic rings. The van der Waals surface area contributed by atoms with Gasteiger partial charge in [0.25, 0.3) is 5.43 Å². The van der Waals surface area contributed by atoms with Crippen LogP contribution in [0, 0.1) is 12.3 Å². The third kappa shape index (κ3) is 2.99. The van der Waals surface area contributed by atoms with Crippen LogP contribution in [0.3, 0.4) is 0 Å². The number of hydrogen-bond acceptors (Lipinski definition) is 4. The van der Waals surface area contributed by atoms with Gasteiger partial charge in [0.15, 0.2) is 5.75 Å². The zero-order chi connectivity index (χ0) is 18.0. The Labute approximate surface area is 142 Å². The molecule has 0 aliphatic carbocycles. The fourth-order valence-corrected chi connectivity index (χ4v) is 2.40. The van der Waals surface area contributed by atoms with Gasteiger partial charge in [-0.05, 0) is 23.8 Å². The molecule has 1 heterocycles. The SMILES string of the molecule is C#Cc1ccc(-c2ccccc2-n2cc(O)c(=O)c(C(=O)O)n2)cc1. The molecule has 0 saturated carbocycles. The van der Waals surface area contributed by atoms with E-state index in [0.29, 0.717) is 5.69 Å². The van der Waals surface area contributed by atoms with E-state index < -0.39 is 22.8 Å². The van der Waals surface area contributed by atoms with Crippen molar-refractivity contribution in [3.63, 3.8) is 0 Å². The molecule has 0 amide bonds. The van der Waals surface area contributed by atoms with E-state index in [2.05, 4.69) is 11.0 Å². The number of carbonyl (C=O) groups is 1. The minimum atomic E-state index is -1.51. The molecule has 1 aromatic heterocycles. The smallest absolute Gasteiger partial charge is 0.360 e. The fourth-order valence-electron chi connectivity index (χ4n) is 2.40. The number of aromatic nitrogens is 2. The minimum Gasteiger partial charge on any atom is -0.503 e. The summed E-state index contributed by atoms with van der Waals surface area (Å²) in [4.78, 5) is 22.9. The van der Waals surface area contributed by atoms with Gasteiger partial charge in [-0.2, -0.15) is 5.10 Å². The zero-order valence-electron chi connectivity index (χ0n) is 12.9. The Hall–Kier alpha value is -3.85. The fraction of sp³-hybridized carbons (Fsp3) is 0. The molecule has 3 rings (SSSR count). The largest absolute Gasteiger partial charge is 0.503 e. The van der Waals surface area contributed by atoms with Crippen LogP contribution in [0.25, 0.3) is 16.8 Å². The van der Waals surface area contributed by atoms with Crippen molar-refractivity contribution in [2.75, 3.05) is 0 Å². The summed E-state index contributed by atoms with van der Waals surface area (Å²) in [6.07, 6.45) is 6.44. The van der Waals surface area contributed by atoms with Crippen molar-refractivity contribution in [3.8, 4) is 34.9 Å². The highest BCUT2D eigenvalue weighted by molar-refractivity contribution is 5.85. The molecule has 0 spiro atoms. The lowest BCUT2D eigenvalue weighted by atomic mass is 10.0. The van der Waals surface area contributed by atoms with Gasteiger partial charge >= 0.3 is 5.97 Å². The first-order valence-corrected chi connectivity index (χ1v) is 7.24. The Bertz CT molecular complexity index is 1060. The number of terminal acetylenes is 1. The molecule has 0 fully saturated rings. The molecule has 2 aromatic carbocycles. The molecule has 3 aromatic rings. The number of carboxylic acids is 1. The molecule has 0 atom stereocenters. The van der Waals surface area contributed by atoms with Crippen LogP contribution in [0.4, 0.5) is 0 Å². The van der Waals surface area contributed by atoms with Gasteiger partial charge in [0.1, 0.15) is 0 Å². The summed E-state index contributed by atoms with van der Waals surface area (Å²) in [6, 6.07) is 14.3. The summed E-state index contributed by atoms with van der Waals surface area (Å²) in [5.74, 6) is 0.336. The van der Waals surface area contributed by atoms with E-state index in [9.17, 15) is 14.7 Å². The van der Waals surface area contributed by atoms with Gasteiger partial charge in [-0.1, -0.05) is 36.3 Å². The number of aromatic hydroxyl groups is 1. The number of para-hydroxylation sites is 1. The Balaban J connectivity index is 2.21. The standard InChI is InChI=1S/C19H12N2O4/c1-2-12-7-9-13(10-8-12)14-5-3-4-6-15(14)21-11-16(22)18(23)17(20-21)19(24)25/h1,3-11,22H,(H,24,25). The zero-order valence-corrected chi connectivity index (χ0v) is 12.9. The van der Waals surface area contributed by atoms with Crippen molar-refractivity contribution in [2.24, 2.45) is 0 Å². The highest BCUT2D eigenvalue weighted by Crippen LogP contribution is 2.26. The van der Waals surface area contributed by atoms with Gasteiger partial charge in [-0.25, -0.2) is 9.48 Å². The van der Waals surface area contributed by atoms with E-state index in [1.807, 2.05) is 24.3 Å². The lowest BCUT2D eigenvalue weighted by Crippen LogP contribution is -2.21. The number of nitrogens with zero attached hydrogens (tertiary/aromatic N) is 2. The highest BCUT2D eigenvalue weighted by atomic mass is 16.4. The molecule has 2 N–H and O–H groups in total. The van der Waals surface area contributed by atoms with Gasteiger partial charge in [0.2, 0.25) is 5.69 Å². The van der Waals surface area contributed by atoms with Crippen LogP contribution in [-0.2, 0) is 0 Å². The molecule has 122 valence electrons. The molecule has 0 unspecified atom stereocenters. The summed E-state index contributed by atoms with van der Waals surface area (Å²) in [5, 5.41) is 22.7. The van der Waals surface area contributed by atoms with Crippen molar-refractivity contribution in [2.45, 2.75) is 0 Å². The van der Waals surface area contributed by atoms with Crippen molar-refractivity contribution in [3.05, 3.63) is 76.2 Å². The molecule has 0 radical (unpaired) electrons. The first kappa shape index (κ1) is 16.0. The predicted octanol–water partition coefficient (Wildman–Crippen LogP) is 2.28. The molecule has 0 aliphatic heterocycles. The second-order valence-electron chi connectivity index (χ2n) is 5.18. The Morgan fingerprint density at radius 1 is 1.12 bits per heavy atom. The predicted molar refractivity (Wildman–Crippen MR) is 91.8 cm³/mol. The van der Waals surface area contributed by atoms with Gasteiger partial charge in [0.05, 0.1) is 11.9 Å². The third-order valence-electron chi connectivity index (χ3n) is 3.62. The third-order valence-corrected chi connectivity index (χ3v) is 3.62. The number of carboxylic acid groups (broad SMARTS) is 1. The van der Waals surface area contributed by atoms with Crippen LogP contribution in [0.2, 0.25) is 0 Å². The average molecular weight is 332 g/mol. The van der Waals surface area contributed by atoms with E-state index in [0.717, 1.165) is 22.9 Å². The van der Waals surface area contributed by atoms with Crippen LogP contribution in [0.5, 0.6) is 5.75 Å². The molecule has 25 heavy (non-hydrogen) atoms. The minimum absolute atomic E-state index is 0.508. The quantitative estimate of drug-likeness (QED) is 0.718. The van der Waals surface area contributed by atoms with Crippen molar-refractivity contribution in [1.29, 1.82) is 0 Å². The summed E-state index contributed by atoms with van der Waals surface area (Å²) >= 11 is 0. The van der Waals surface area contributed by atoms with Crippen molar-refractivity contribution in [1.82, 2.24) is 9.78 Å². The first-order chi connectivity index (χ1) is 12.0. The Morgan fingerprint density at radius 2 is 1.80 bits per heavy atom. The molecular formula is C19H12N2O4. The first-order valence-electron chi connectivity index (χ1n) is 7.24. The lowest BCUT2D eigenvalue weighted by molar-refractivity contribution is 0.0686. The maximum absolute atomic E-state index is 11.7. The van der Waals surface area contributed by atoms with Gasteiger partial charge < -0.3 is 10.2 Å². The number of rotatable bonds is 3. The summed E-state index contributed by atoms with van der Waals surface area (Å²) in [7, 11) is 0. The van der Waals surface area contributed by atoms with Crippen molar-refractivity contribution >= 4 is 5.97 Å². The topological polar surface area (TPSA) is 92.4 Å². The van der Waals surface area contributed by atoms with E-state index in [1.54, 1.807) is 24.3 Å². The van der Waals surface area contributed by atoms with E-state index >= 15 is 0 Å². The lowest BCUT2D eigenvalue weighted by Gasteiger charge is -2.12.